The maximum Gasteiger partial charge on any atom is 0.272 e. The average molecular weight is 671 g/mol. The van der Waals surface area contributed by atoms with Crippen molar-refractivity contribution in [3.8, 4) is 11.3 Å². The minimum absolute atomic E-state index is 0.0225. The lowest BCUT2D eigenvalue weighted by atomic mass is 10.1. The van der Waals surface area contributed by atoms with E-state index in [-0.39, 0.29) is 11.6 Å². The Morgan fingerprint density at radius 3 is 2.39 bits per heavy atom. The highest BCUT2D eigenvalue weighted by Gasteiger charge is 2.20. The molecule has 0 saturated carbocycles. The number of nitrogens with one attached hydrogen (secondary N) is 3. The third-order valence-electron chi connectivity index (χ3n) is 6.62. The highest BCUT2D eigenvalue weighted by Crippen LogP contribution is 2.30. The number of rotatable bonds is 11. The van der Waals surface area contributed by atoms with Gasteiger partial charge in [-0.15, -0.1) is 23.1 Å². The Bertz CT molecular complexity index is 1860. The van der Waals surface area contributed by atoms with Gasteiger partial charge in [0.25, 0.3) is 11.8 Å². The van der Waals surface area contributed by atoms with E-state index in [1.807, 2.05) is 30.5 Å². The van der Waals surface area contributed by atoms with E-state index < -0.39 is 22.9 Å². The van der Waals surface area contributed by atoms with E-state index in [0.29, 0.717) is 33.4 Å². The second-order valence-corrected chi connectivity index (χ2v) is 12.5. The topological polar surface area (TPSA) is 100 Å². The van der Waals surface area contributed by atoms with E-state index in [1.165, 1.54) is 53.4 Å². The molecule has 5 aromatic rings. The van der Waals surface area contributed by atoms with Gasteiger partial charge in [-0.05, 0) is 72.7 Å². The largest absolute Gasteiger partial charge is 0.321 e. The second-order valence-electron chi connectivity index (χ2n) is 9.96. The number of aromatic nitrogens is 1. The van der Waals surface area contributed by atoms with E-state index in [9.17, 15) is 18.8 Å². The fourth-order valence-corrected chi connectivity index (χ4v) is 6.13. The summed E-state index contributed by atoms with van der Waals surface area (Å²) in [5, 5.41) is 11.0. The average Bonchev–Trinajstić information content (AvgIpc) is 3.53. The first kappa shape index (κ1) is 32.6. The van der Waals surface area contributed by atoms with Crippen LogP contribution in [0.2, 0.25) is 5.02 Å². The molecule has 1 heterocycles. The minimum Gasteiger partial charge on any atom is -0.321 e. The van der Waals surface area contributed by atoms with Crippen molar-refractivity contribution < 1.29 is 18.8 Å². The first-order valence-corrected chi connectivity index (χ1v) is 16.3. The molecular weight excluding hydrogens is 643 g/mol. The molecule has 3 N–H and O–H groups in total. The van der Waals surface area contributed by atoms with Gasteiger partial charge in [0.05, 0.1) is 10.9 Å². The molecule has 7 nitrogen and oxygen atoms in total. The van der Waals surface area contributed by atoms with E-state index in [4.69, 9.17) is 11.6 Å². The lowest BCUT2D eigenvalue weighted by Crippen LogP contribution is -2.30. The SMILES string of the molecule is CCC(Sc1cccc(NC(=O)/C(=C/c2ccc(F)cc2)NC(=O)c2ccccc2)c1)C(=O)Nc1nc(-c2ccc(Cl)cc2)cs1. The molecule has 1 aromatic heterocycles. The van der Waals surface area contributed by atoms with Gasteiger partial charge in [0.15, 0.2) is 5.13 Å². The summed E-state index contributed by atoms with van der Waals surface area (Å²) in [5.74, 6) is -1.64. The van der Waals surface area contributed by atoms with Gasteiger partial charge >= 0.3 is 0 Å². The molecule has 0 aliphatic heterocycles. The molecule has 0 radical (unpaired) electrons. The summed E-state index contributed by atoms with van der Waals surface area (Å²) in [6, 6.07) is 28.5. The van der Waals surface area contributed by atoms with Gasteiger partial charge in [-0.1, -0.05) is 67.1 Å². The molecule has 3 amide bonds. The number of hydrogen-bond acceptors (Lipinski definition) is 6. The van der Waals surface area contributed by atoms with Crippen LogP contribution in [-0.2, 0) is 9.59 Å². The number of thiazole rings is 1. The first-order valence-electron chi connectivity index (χ1n) is 14.2. The molecule has 0 bridgehead atoms. The van der Waals surface area contributed by atoms with Crippen molar-refractivity contribution in [3.63, 3.8) is 0 Å². The maximum atomic E-state index is 13.5. The zero-order chi connectivity index (χ0) is 32.5. The number of carbonyl (C=O) groups is 3. The van der Waals surface area contributed by atoms with Crippen LogP contribution in [-0.4, -0.2) is 28.0 Å². The molecule has 1 unspecified atom stereocenters. The van der Waals surface area contributed by atoms with Crippen LogP contribution in [0.1, 0.15) is 29.3 Å². The van der Waals surface area contributed by atoms with Crippen molar-refractivity contribution >= 4 is 69.3 Å². The summed E-state index contributed by atoms with van der Waals surface area (Å²) in [4.78, 5) is 44.8. The molecule has 0 aliphatic rings. The van der Waals surface area contributed by atoms with E-state index >= 15 is 0 Å². The van der Waals surface area contributed by atoms with Gasteiger partial charge in [0, 0.05) is 32.1 Å². The monoisotopic (exact) mass is 670 g/mol. The van der Waals surface area contributed by atoms with Crippen LogP contribution in [0.3, 0.4) is 0 Å². The molecule has 0 aliphatic carbocycles. The summed E-state index contributed by atoms with van der Waals surface area (Å²) in [7, 11) is 0. The summed E-state index contributed by atoms with van der Waals surface area (Å²) >= 11 is 8.69. The highest BCUT2D eigenvalue weighted by molar-refractivity contribution is 8.00. The minimum atomic E-state index is -0.569. The lowest BCUT2D eigenvalue weighted by molar-refractivity contribution is -0.116. The molecule has 0 saturated heterocycles. The molecule has 0 spiro atoms. The summed E-state index contributed by atoms with van der Waals surface area (Å²) < 4.78 is 13.5. The van der Waals surface area contributed by atoms with Crippen LogP contribution < -0.4 is 16.0 Å². The van der Waals surface area contributed by atoms with Crippen LogP contribution in [0.15, 0.2) is 119 Å². The Kier molecular flexibility index (Phi) is 11.0. The Labute approximate surface area is 278 Å². The lowest BCUT2D eigenvalue weighted by Gasteiger charge is -2.15. The molecule has 4 aromatic carbocycles. The van der Waals surface area contributed by atoms with Crippen molar-refractivity contribution in [1.29, 1.82) is 0 Å². The third-order valence-corrected chi connectivity index (χ3v) is 8.99. The van der Waals surface area contributed by atoms with E-state index in [1.54, 1.807) is 60.7 Å². The Morgan fingerprint density at radius 1 is 0.935 bits per heavy atom. The zero-order valence-corrected chi connectivity index (χ0v) is 26.9. The smallest absolute Gasteiger partial charge is 0.272 e. The first-order chi connectivity index (χ1) is 22.3. The van der Waals surface area contributed by atoms with E-state index in [2.05, 4.69) is 20.9 Å². The van der Waals surface area contributed by atoms with Crippen molar-refractivity contribution in [2.75, 3.05) is 10.6 Å². The molecule has 1 atom stereocenters. The second kappa shape index (κ2) is 15.5. The standard InChI is InChI=1S/C35H28ClFN4O3S2/c1-2-31(34(44)41-35-40-30(21-45-35)23-13-15-25(36)16-14-23)46-28-10-6-9-27(20-28)38-33(43)29(19-22-11-17-26(37)18-12-22)39-32(42)24-7-4-3-5-8-24/h3-21,31H,2H2,1H3,(H,38,43)(H,39,42)(H,40,41,44)/b29-19-. The number of nitrogens with zero attached hydrogens (tertiary/aromatic N) is 1. The van der Waals surface area contributed by atoms with Gasteiger partial charge in [0.1, 0.15) is 11.5 Å². The molecule has 0 fully saturated rings. The quantitative estimate of drug-likeness (QED) is 0.0966. The van der Waals surface area contributed by atoms with E-state index in [0.717, 1.165) is 16.2 Å². The van der Waals surface area contributed by atoms with Crippen molar-refractivity contribution in [3.05, 3.63) is 136 Å². The van der Waals surface area contributed by atoms with Gasteiger partial charge in [-0.25, -0.2) is 9.37 Å². The van der Waals surface area contributed by atoms with Crippen LogP contribution in [0.5, 0.6) is 0 Å². The predicted molar refractivity (Wildman–Crippen MR) is 184 cm³/mol. The molecule has 232 valence electrons. The van der Waals surface area contributed by atoms with Crippen molar-refractivity contribution in [2.24, 2.45) is 0 Å². The van der Waals surface area contributed by atoms with Crippen LogP contribution in [0.4, 0.5) is 15.2 Å². The number of thioether (sulfide) groups is 1. The van der Waals surface area contributed by atoms with Crippen LogP contribution in [0.25, 0.3) is 17.3 Å². The molecule has 46 heavy (non-hydrogen) atoms. The van der Waals surface area contributed by atoms with Gasteiger partial charge < -0.3 is 16.0 Å². The fraction of sp³-hybridized carbons (Fsp3) is 0.0857. The number of carbonyl (C=O) groups excluding carboxylic acids is 3. The maximum absolute atomic E-state index is 13.5. The Morgan fingerprint density at radius 2 is 1.67 bits per heavy atom. The Balaban J connectivity index is 1.27. The number of hydrogen-bond donors (Lipinski definition) is 3. The molecular formula is C35H28ClFN4O3S2. The fourth-order valence-electron chi connectivity index (χ4n) is 4.27. The van der Waals surface area contributed by atoms with Crippen molar-refractivity contribution in [1.82, 2.24) is 10.3 Å². The summed E-state index contributed by atoms with van der Waals surface area (Å²) in [6.45, 7) is 1.92. The predicted octanol–water partition coefficient (Wildman–Crippen LogP) is 8.52. The normalized spacial score (nSPS) is 11.8. The summed E-state index contributed by atoms with van der Waals surface area (Å²) in [5.41, 5.74) is 3.00. The summed E-state index contributed by atoms with van der Waals surface area (Å²) in [6.07, 6.45) is 2.03. The van der Waals surface area contributed by atoms with Crippen LogP contribution in [0, 0.1) is 5.82 Å². The number of benzene rings is 4. The Hall–Kier alpha value is -4.77. The van der Waals surface area contributed by atoms with Gasteiger partial charge in [0.2, 0.25) is 5.91 Å². The van der Waals surface area contributed by atoms with Gasteiger partial charge in [-0.2, -0.15) is 0 Å². The number of amides is 3. The van der Waals surface area contributed by atoms with Crippen molar-refractivity contribution in [2.45, 2.75) is 23.5 Å². The highest BCUT2D eigenvalue weighted by atomic mass is 35.5. The third kappa shape index (κ3) is 8.91. The number of anilines is 2. The zero-order valence-electron chi connectivity index (χ0n) is 24.5. The molecule has 11 heteroatoms. The van der Waals surface area contributed by atoms with Crippen LogP contribution >= 0.6 is 34.7 Å². The number of halogens is 2. The molecule has 5 rings (SSSR count). The van der Waals surface area contributed by atoms with Gasteiger partial charge in [-0.3, -0.25) is 14.4 Å².